The van der Waals surface area contributed by atoms with E-state index in [1.165, 1.54) is 37.9 Å². The Labute approximate surface area is 107 Å². The highest BCUT2D eigenvalue weighted by atomic mass is 16.6. The molecular weight excluding hydrogens is 230 g/mol. The first-order valence-electron chi connectivity index (χ1n) is 6.51. The third-order valence-electron chi connectivity index (χ3n) is 3.79. The van der Waals surface area contributed by atoms with Crippen molar-refractivity contribution in [1.82, 2.24) is 4.98 Å². The number of hydrogen-bond donors (Lipinski definition) is 1. The zero-order valence-corrected chi connectivity index (χ0v) is 10.6. The molecule has 18 heavy (non-hydrogen) atoms. The number of pyridine rings is 1. The van der Waals surface area contributed by atoms with Crippen molar-refractivity contribution in [2.24, 2.45) is 11.8 Å². The van der Waals surface area contributed by atoms with Crippen molar-refractivity contribution in [2.45, 2.75) is 32.6 Å². The Kier molecular flexibility index (Phi) is 4.12. The van der Waals surface area contributed by atoms with Crippen LogP contribution in [0.25, 0.3) is 0 Å². The first-order valence-corrected chi connectivity index (χ1v) is 6.51. The molecule has 1 aliphatic carbocycles. The fourth-order valence-corrected chi connectivity index (χ4v) is 2.54. The molecule has 0 spiro atoms. The molecule has 1 heterocycles. The van der Waals surface area contributed by atoms with Gasteiger partial charge in [-0.3, -0.25) is 0 Å². The van der Waals surface area contributed by atoms with Gasteiger partial charge in [0.15, 0.2) is 6.20 Å². The highest BCUT2D eigenvalue weighted by Crippen LogP contribution is 2.29. The lowest BCUT2D eigenvalue weighted by Gasteiger charge is -2.28. The number of anilines is 1. The van der Waals surface area contributed by atoms with Crippen LogP contribution < -0.4 is 5.32 Å². The van der Waals surface area contributed by atoms with Gasteiger partial charge in [-0.05, 0) is 34.2 Å². The molecule has 1 saturated carbocycles. The molecule has 98 valence electrons. The van der Waals surface area contributed by atoms with Gasteiger partial charge < -0.3 is 15.4 Å². The maximum Gasteiger partial charge on any atom is 0.363 e. The van der Waals surface area contributed by atoms with Gasteiger partial charge in [0.1, 0.15) is 0 Å². The van der Waals surface area contributed by atoms with Crippen molar-refractivity contribution in [2.75, 3.05) is 11.9 Å². The van der Waals surface area contributed by atoms with Crippen LogP contribution in [0.2, 0.25) is 0 Å². The van der Waals surface area contributed by atoms with E-state index in [0.717, 1.165) is 18.2 Å². The lowest BCUT2D eigenvalue weighted by atomic mass is 9.80. The smallest absolute Gasteiger partial charge is 0.363 e. The molecule has 0 bridgehead atoms. The van der Waals surface area contributed by atoms with Crippen molar-refractivity contribution < 1.29 is 4.92 Å². The van der Waals surface area contributed by atoms with E-state index >= 15 is 0 Å². The number of aromatic nitrogens is 1. The normalized spacial score (nSPS) is 23.6. The molecular formula is C13H19N3O2. The van der Waals surface area contributed by atoms with E-state index in [1.54, 1.807) is 6.07 Å². The summed E-state index contributed by atoms with van der Waals surface area (Å²) in [5, 5.41) is 13.8. The average Bonchev–Trinajstić information content (AvgIpc) is 2.38. The summed E-state index contributed by atoms with van der Waals surface area (Å²) in [6.45, 7) is 3.24. The van der Waals surface area contributed by atoms with Gasteiger partial charge in [0, 0.05) is 12.6 Å². The van der Waals surface area contributed by atoms with Crippen LogP contribution in [0.15, 0.2) is 18.3 Å². The summed E-state index contributed by atoms with van der Waals surface area (Å²) in [5.41, 5.74) is 0.860. The summed E-state index contributed by atoms with van der Waals surface area (Å²) in [7, 11) is 0. The van der Waals surface area contributed by atoms with E-state index in [1.807, 2.05) is 0 Å². The van der Waals surface area contributed by atoms with Crippen molar-refractivity contribution in [3.8, 4) is 0 Å². The Hall–Kier alpha value is -1.65. The van der Waals surface area contributed by atoms with Crippen molar-refractivity contribution >= 4 is 11.5 Å². The SMILES string of the molecule is CC1CCCCC1CNc1ccc([N+](=O)[O-])nc1. The van der Waals surface area contributed by atoms with Crippen LogP contribution in [0.5, 0.6) is 0 Å². The van der Waals surface area contributed by atoms with Crippen LogP contribution in [0.3, 0.4) is 0 Å². The third kappa shape index (κ3) is 3.18. The van der Waals surface area contributed by atoms with E-state index in [4.69, 9.17) is 0 Å². The monoisotopic (exact) mass is 249 g/mol. The molecule has 1 aromatic rings. The van der Waals surface area contributed by atoms with Crippen LogP contribution in [0, 0.1) is 22.0 Å². The van der Waals surface area contributed by atoms with Gasteiger partial charge >= 0.3 is 5.82 Å². The molecule has 1 fully saturated rings. The topological polar surface area (TPSA) is 68.1 Å². The number of rotatable bonds is 4. The molecule has 0 radical (unpaired) electrons. The third-order valence-corrected chi connectivity index (χ3v) is 3.79. The summed E-state index contributed by atoms with van der Waals surface area (Å²) in [5.74, 6) is 1.36. The van der Waals surface area contributed by atoms with Gasteiger partial charge in [0.2, 0.25) is 0 Å². The summed E-state index contributed by atoms with van der Waals surface area (Å²) < 4.78 is 0. The minimum absolute atomic E-state index is 0.105. The molecule has 2 rings (SSSR count). The van der Waals surface area contributed by atoms with Crippen LogP contribution in [-0.2, 0) is 0 Å². The average molecular weight is 249 g/mol. The van der Waals surface area contributed by atoms with Gasteiger partial charge in [0.05, 0.1) is 5.69 Å². The molecule has 0 saturated heterocycles. The largest absolute Gasteiger partial charge is 0.382 e. The predicted octanol–water partition coefficient (Wildman–Crippen LogP) is 3.23. The highest BCUT2D eigenvalue weighted by molar-refractivity contribution is 5.43. The lowest BCUT2D eigenvalue weighted by Crippen LogP contribution is -2.24. The number of nitrogens with zero attached hydrogens (tertiary/aromatic N) is 2. The number of nitro groups is 1. The molecule has 1 aromatic heterocycles. The fourth-order valence-electron chi connectivity index (χ4n) is 2.54. The summed E-state index contributed by atoms with van der Waals surface area (Å²) in [4.78, 5) is 13.8. The van der Waals surface area contributed by atoms with E-state index in [9.17, 15) is 10.1 Å². The quantitative estimate of drug-likeness (QED) is 0.657. The van der Waals surface area contributed by atoms with Gasteiger partial charge in [-0.25, -0.2) is 0 Å². The number of nitrogens with one attached hydrogen (secondary N) is 1. The summed E-state index contributed by atoms with van der Waals surface area (Å²) in [6.07, 6.45) is 6.77. The van der Waals surface area contributed by atoms with Gasteiger partial charge in [-0.15, -0.1) is 0 Å². The standard InChI is InChI=1S/C13H19N3O2/c1-10-4-2-3-5-11(10)8-14-12-6-7-13(15-9-12)16(17)18/h6-7,9-11,14H,2-5,8H2,1H3. The van der Waals surface area contributed by atoms with E-state index < -0.39 is 4.92 Å². The van der Waals surface area contributed by atoms with Crippen LogP contribution in [-0.4, -0.2) is 16.5 Å². The maximum atomic E-state index is 10.5. The van der Waals surface area contributed by atoms with E-state index in [0.29, 0.717) is 5.92 Å². The molecule has 0 amide bonds. The Bertz CT molecular complexity index is 405. The van der Waals surface area contributed by atoms with Crippen molar-refractivity contribution in [3.63, 3.8) is 0 Å². The van der Waals surface area contributed by atoms with Crippen LogP contribution in [0.4, 0.5) is 11.5 Å². The van der Waals surface area contributed by atoms with Crippen LogP contribution >= 0.6 is 0 Å². The minimum atomic E-state index is -0.479. The van der Waals surface area contributed by atoms with Crippen molar-refractivity contribution in [3.05, 3.63) is 28.4 Å². The predicted molar refractivity (Wildman–Crippen MR) is 70.5 cm³/mol. The molecule has 0 aliphatic heterocycles. The second-order valence-corrected chi connectivity index (χ2v) is 5.06. The second kappa shape index (κ2) is 5.80. The van der Waals surface area contributed by atoms with Gasteiger partial charge in [-0.2, -0.15) is 0 Å². The zero-order valence-electron chi connectivity index (χ0n) is 10.6. The molecule has 1 N–H and O–H groups in total. The first kappa shape index (κ1) is 12.8. The Balaban J connectivity index is 1.87. The molecule has 2 atom stereocenters. The molecule has 0 aromatic carbocycles. The Morgan fingerprint density at radius 1 is 1.44 bits per heavy atom. The highest BCUT2D eigenvalue weighted by Gasteiger charge is 2.20. The molecule has 2 unspecified atom stereocenters. The molecule has 1 aliphatic rings. The molecule has 5 heteroatoms. The van der Waals surface area contributed by atoms with E-state index in [2.05, 4.69) is 17.2 Å². The fraction of sp³-hybridized carbons (Fsp3) is 0.615. The van der Waals surface area contributed by atoms with E-state index in [-0.39, 0.29) is 5.82 Å². The van der Waals surface area contributed by atoms with Gasteiger partial charge in [-0.1, -0.05) is 26.2 Å². The van der Waals surface area contributed by atoms with Crippen LogP contribution in [0.1, 0.15) is 32.6 Å². The summed E-state index contributed by atoms with van der Waals surface area (Å²) in [6, 6.07) is 3.16. The summed E-state index contributed by atoms with van der Waals surface area (Å²) >= 11 is 0. The Morgan fingerprint density at radius 3 is 2.83 bits per heavy atom. The molecule has 5 nitrogen and oxygen atoms in total. The van der Waals surface area contributed by atoms with Gasteiger partial charge in [0.25, 0.3) is 0 Å². The first-order chi connectivity index (χ1) is 8.66. The Morgan fingerprint density at radius 2 is 2.22 bits per heavy atom. The minimum Gasteiger partial charge on any atom is -0.382 e. The van der Waals surface area contributed by atoms with Crippen molar-refractivity contribution in [1.29, 1.82) is 0 Å². The maximum absolute atomic E-state index is 10.5. The lowest BCUT2D eigenvalue weighted by molar-refractivity contribution is -0.389. The number of hydrogen-bond acceptors (Lipinski definition) is 4. The zero-order chi connectivity index (χ0) is 13.0. The second-order valence-electron chi connectivity index (χ2n) is 5.06.